The fourth-order valence-electron chi connectivity index (χ4n) is 1.41. The molecule has 0 saturated carbocycles. The maximum absolute atomic E-state index is 2.40. The van der Waals surface area contributed by atoms with E-state index < -0.39 is 0 Å². The van der Waals surface area contributed by atoms with Crippen molar-refractivity contribution in [2.75, 3.05) is 20.1 Å². The molecule has 1 rings (SSSR count). The molecular formula is C7H16N2. The molecule has 9 heavy (non-hydrogen) atoms. The molecule has 0 aromatic heterocycles. The van der Waals surface area contributed by atoms with E-state index in [0.717, 1.165) is 0 Å². The Balaban J connectivity index is 2.40. The Bertz CT molecular complexity index is 90.9. The van der Waals surface area contributed by atoms with Gasteiger partial charge >= 0.3 is 0 Å². The fraction of sp³-hybridized carbons (Fsp3) is 1.00. The summed E-state index contributed by atoms with van der Waals surface area (Å²) in [7, 11) is 2.16. The Hall–Kier alpha value is -0.0800. The van der Waals surface area contributed by atoms with Crippen LogP contribution in [0.4, 0.5) is 0 Å². The minimum atomic E-state index is 0.678. The van der Waals surface area contributed by atoms with Gasteiger partial charge in [0.05, 0.1) is 0 Å². The van der Waals surface area contributed by atoms with Gasteiger partial charge in [-0.3, -0.25) is 0 Å². The van der Waals surface area contributed by atoms with Crippen molar-refractivity contribution in [2.24, 2.45) is 0 Å². The zero-order chi connectivity index (χ0) is 6.85. The van der Waals surface area contributed by atoms with Crippen molar-refractivity contribution in [1.29, 1.82) is 0 Å². The molecule has 1 aliphatic rings. The molecule has 0 radical (unpaired) electrons. The van der Waals surface area contributed by atoms with Gasteiger partial charge in [0.1, 0.15) is 0 Å². The van der Waals surface area contributed by atoms with E-state index in [4.69, 9.17) is 0 Å². The second-order valence-electron chi connectivity index (χ2n) is 2.99. The molecule has 0 spiro atoms. The van der Waals surface area contributed by atoms with Crippen molar-refractivity contribution < 1.29 is 0 Å². The summed E-state index contributed by atoms with van der Waals surface area (Å²) in [6.45, 7) is 6.95. The average molecular weight is 128 g/mol. The molecule has 1 heterocycles. The van der Waals surface area contributed by atoms with E-state index in [-0.39, 0.29) is 0 Å². The van der Waals surface area contributed by atoms with Crippen molar-refractivity contribution >= 4 is 0 Å². The summed E-state index contributed by atoms with van der Waals surface area (Å²) >= 11 is 0. The molecule has 0 bridgehead atoms. The highest BCUT2D eigenvalue weighted by Crippen LogP contribution is 2.10. The SMILES string of the molecule is CC(C)N1CCCN1C. The topological polar surface area (TPSA) is 6.48 Å². The van der Waals surface area contributed by atoms with Gasteiger partial charge in [-0.25, -0.2) is 10.0 Å². The molecule has 2 heteroatoms. The summed E-state index contributed by atoms with van der Waals surface area (Å²) < 4.78 is 0. The van der Waals surface area contributed by atoms with Crippen LogP contribution in [0.5, 0.6) is 0 Å². The van der Waals surface area contributed by atoms with Crippen LogP contribution in [-0.2, 0) is 0 Å². The second-order valence-corrected chi connectivity index (χ2v) is 2.99. The zero-order valence-electron chi connectivity index (χ0n) is 6.59. The quantitative estimate of drug-likeness (QED) is 0.518. The van der Waals surface area contributed by atoms with Gasteiger partial charge in [-0.1, -0.05) is 0 Å². The molecule has 1 aliphatic heterocycles. The number of hydrogen-bond donors (Lipinski definition) is 0. The minimum absolute atomic E-state index is 0.678. The molecule has 1 saturated heterocycles. The van der Waals surface area contributed by atoms with Crippen molar-refractivity contribution in [3.05, 3.63) is 0 Å². The third kappa shape index (κ3) is 1.43. The first-order valence-electron chi connectivity index (χ1n) is 3.69. The first-order chi connectivity index (χ1) is 4.22. The first-order valence-corrected chi connectivity index (χ1v) is 3.69. The summed E-state index contributed by atoms with van der Waals surface area (Å²) in [5.74, 6) is 0. The molecule has 2 nitrogen and oxygen atoms in total. The third-order valence-corrected chi connectivity index (χ3v) is 1.90. The van der Waals surface area contributed by atoms with Crippen LogP contribution in [-0.4, -0.2) is 36.2 Å². The summed E-state index contributed by atoms with van der Waals surface area (Å²) in [6.07, 6.45) is 1.33. The maximum atomic E-state index is 2.40. The Morgan fingerprint density at radius 1 is 1.22 bits per heavy atom. The van der Waals surface area contributed by atoms with Crippen LogP contribution in [0.3, 0.4) is 0 Å². The normalized spacial score (nSPS) is 24.0. The molecule has 54 valence electrons. The fourth-order valence-corrected chi connectivity index (χ4v) is 1.41. The van der Waals surface area contributed by atoms with Crippen molar-refractivity contribution in [3.63, 3.8) is 0 Å². The van der Waals surface area contributed by atoms with Gasteiger partial charge in [-0.2, -0.15) is 0 Å². The predicted molar refractivity (Wildman–Crippen MR) is 39.1 cm³/mol. The monoisotopic (exact) mass is 128 g/mol. The van der Waals surface area contributed by atoms with E-state index in [2.05, 4.69) is 30.9 Å². The van der Waals surface area contributed by atoms with E-state index >= 15 is 0 Å². The lowest BCUT2D eigenvalue weighted by atomic mass is 10.4. The molecule has 0 atom stereocenters. The summed E-state index contributed by atoms with van der Waals surface area (Å²) in [4.78, 5) is 0. The molecule has 0 aromatic carbocycles. The summed E-state index contributed by atoms with van der Waals surface area (Å²) in [5, 5.41) is 4.71. The average Bonchev–Trinajstić information content (AvgIpc) is 2.13. The lowest BCUT2D eigenvalue weighted by molar-refractivity contribution is 0.0242. The van der Waals surface area contributed by atoms with Gasteiger partial charge in [-0.05, 0) is 20.3 Å². The maximum Gasteiger partial charge on any atom is 0.0189 e. The van der Waals surface area contributed by atoms with Gasteiger partial charge in [0.15, 0.2) is 0 Å². The molecule has 0 aliphatic carbocycles. The molecule has 0 N–H and O–H groups in total. The number of hydrogen-bond acceptors (Lipinski definition) is 2. The second kappa shape index (κ2) is 2.67. The van der Waals surface area contributed by atoms with Gasteiger partial charge in [0.2, 0.25) is 0 Å². The smallest absolute Gasteiger partial charge is 0.0189 e. The Morgan fingerprint density at radius 3 is 2.11 bits per heavy atom. The van der Waals surface area contributed by atoms with Crippen molar-refractivity contribution in [2.45, 2.75) is 26.3 Å². The predicted octanol–water partition coefficient (Wildman–Crippen LogP) is 0.947. The van der Waals surface area contributed by atoms with Crippen LogP contribution in [0, 0.1) is 0 Å². The van der Waals surface area contributed by atoms with E-state index in [0.29, 0.717) is 6.04 Å². The van der Waals surface area contributed by atoms with E-state index in [9.17, 15) is 0 Å². The van der Waals surface area contributed by atoms with Crippen molar-refractivity contribution in [1.82, 2.24) is 10.0 Å². The standard InChI is InChI=1S/C7H16N2/c1-7(2)9-6-4-5-8(9)3/h7H,4-6H2,1-3H3. The van der Waals surface area contributed by atoms with Crippen molar-refractivity contribution in [3.8, 4) is 0 Å². The summed E-state index contributed by atoms with van der Waals surface area (Å²) in [6, 6.07) is 0.678. The summed E-state index contributed by atoms with van der Waals surface area (Å²) in [5.41, 5.74) is 0. The molecule has 0 unspecified atom stereocenters. The number of nitrogens with zero attached hydrogens (tertiary/aromatic N) is 2. The van der Waals surface area contributed by atoms with Crippen LogP contribution in [0.15, 0.2) is 0 Å². The van der Waals surface area contributed by atoms with Gasteiger partial charge in [0, 0.05) is 26.2 Å². The van der Waals surface area contributed by atoms with Gasteiger partial charge in [0.25, 0.3) is 0 Å². The zero-order valence-corrected chi connectivity index (χ0v) is 6.59. The third-order valence-electron chi connectivity index (χ3n) is 1.90. The van der Waals surface area contributed by atoms with E-state index in [1.807, 2.05) is 0 Å². The molecule has 1 fully saturated rings. The molecule has 0 amide bonds. The first kappa shape index (κ1) is 7.03. The van der Waals surface area contributed by atoms with Crippen LogP contribution in [0.2, 0.25) is 0 Å². The van der Waals surface area contributed by atoms with Crippen LogP contribution in [0.25, 0.3) is 0 Å². The van der Waals surface area contributed by atoms with Gasteiger partial charge < -0.3 is 0 Å². The number of rotatable bonds is 1. The van der Waals surface area contributed by atoms with Crippen LogP contribution >= 0.6 is 0 Å². The molecular weight excluding hydrogens is 112 g/mol. The Kier molecular flexibility index (Phi) is 2.09. The van der Waals surface area contributed by atoms with Gasteiger partial charge in [-0.15, -0.1) is 0 Å². The Morgan fingerprint density at radius 2 is 1.89 bits per heavy atom. The van der Waals surface area contributed by atoms with Crippen LogP contribution in [0.1, 0.15) is 20.3 Å². The molecule has 0 aromatic rings. The highest BCUT2D eigenvalue weighted by Gasteiger charge is 2.19. The highest BCUT2D eigenvalue weighted by molar-refractivity contribution is 4.66. The highest BCUT2D eigenvalue weighted by atomic mass is 15.6. The lowest BCUT2D eigenvalue weighted by Gasteiger charge is -2.27. The van der Waals surface area contributed by atoms with E-state index in [1.54, 1.807) is 0 Å². The largest absolute Gasteiger partial charge is 0.245 e. The number of hydrazine groups is 1. The minimum Gasteiger partial charge on any atom is -0.245 e. The van der Waals surface area contributed by atoms with Crippen LogP contribution < -0.4 is 0 Å². The Labute approximate surface area is 57.4 Å². The van der Waals surface area contributed by atoms with E-state index in [1.165, 1.54) is 19.5 Å². The lowest BCUT2D eigenvalue weighted by Crippen LogP contribution is -2.38.